The van der Waals surface area contributed by atoms with Gasteiger partial charge in [-0.1, -0.05) is 24.3 Å². The van der Waals surface area contributed by atoms with E-state index in [0.717, 1.165) is 23.4 Å². The topological polar surface area (TPSA) is 44.1 Å². The first-order chi connectivity index (χ1) is 10.3. The number of rotatable bonds is 4. The maximum atomic E-state index is 12.1. The Morgan fingerprint density at radius 1 is 1.43 bits per heavy atom. The first-order valence-electron chi connectivity index (χ1n) is 6.93. The van der Waals surface area contributed by atoms with Crippen LogP contribution >= 0.6 is 0 Å². The SMILES string of the molecule is CCn1cc(C(=O)/C=C/C2=Cc3ccccc3OC2)cn1. The van der Waals surface area contributed by atoms with Crippen molar-refractivity contribution in [1.29, 1.82) is 0 Å². The molecular weight excluding hydrogens is 264 g/mol. The number of hydrogen-bond acceptors (Lipinski definition) is 3. The molecule has 0 fully saturated rings. The largest absolute Gasteiger partial charge is 0.488 e. The monoisotopic (exact) mass is 280 g/mol. The van der Waals surface area contributed by atoms with E-state index in [0.29, 0.717) is 12.2 Å². The summed E-state index contributed by atoms with van der Waals surface area (Å²) in [5, 5.41) is 4.10. The van der Waals surface area contributed by atoms with Crippen molar-refractivity contribution in [2.24, 2.45) is 0 Å². The molecular formula is C17H16N2O2. The summed E-state index contributed by atoms with van der Waals surface area (Å²) >= 11 is 0. The van der Waals surface area contributed by atoms with Gasteiger partial charge in [0.2, 0.25) is 0 Å². The third-order valence-corrected chi connectivity index (χ3v) is 3.34. The Morgan fingerprint density at radius 3 is 3.10 bits per heavy atom. The van der Waals surface area contributed by atoms with Gasteiger partial charge in [0.1, 0.15) is 12.4 Å². The number of aromatic nitrogens is 2. The van der Waals surface area contributed by atoms with Gasteiger partial charge in [-0.15, -0.1) is 0 Å². The van der Waals surface area contributed by atoms with Gasteiger partial charge in [-0.2, -0.15) is 5.10 Å². The molecule has 1 aliphatic heterocycles. The number of para-hydroxylation sites is 1. The van der Waals surface area contributed by atoms with E-state index >= 15 is 0 Å². The molecule has 1 aromatic heterocycles. The van der Waals surface area contributed by atoms with E-state index in [-0.39, 0.29) is 5.78 Å². The highest BCUT2D eigenvalue weighted by Crippen LogP contribution is 2.26. The summed E-state index contributed by atoms with van der Waals surface area (Å²) in [6, 6.07) is 7.85. The standard InChI is InChI=1S/C17H16N2O2/c1-2-19-11-15(10-18-19)16(20)8-7-13-9-14-5-3-4-6-17(14)21-12-13/h3-11H,2,12H2,1H3/b8-7+. The second-order valence-corrected chi connectivity index (χ2v) is 4.83. The maximum Gasteiger partial charge on any atom is 0.189 e. The van der Waals surface area contributed by atoms with Crippen molar-refractivity contribution in [3.63, 3.8) is 0 Å². The number of allylic oxidation sites excluding steroid dienone is 1. The molecule has 1 aromatic carbocycles. The Labute approximate surface area is 123 Å². The summed E-state index contributed by atoms with van der Waals surface area (Å²) in [5.74, 6) is 0.833. The van der Waals surface area contributed by atoms with E-state index in [1.807, 2.05) is 43.3 Å². The van der Waals surface area contributed by atoms with Crippen LogP contribution in [0.15, 0.2) is 54.4 Å². The van der Waals surface area contributed by atoms with Gasteiger partial charge < -0.3 is 4.74 Å². The molecule has 0 amide bonds. The van der Waals surface area contributed by atoms with Crippen LogP contribution in [0.5, 0.6) is 5.75 Å². The number of ketones is 1. The zero-order valence-corrected chi connectivity index (χ0v) is 11.8. The highest BCUT2D eigenvalue weighted by molar-refractivity contribution is 6.04. The average Bonchev–Trinajstić information content (AvgIpc) is 3.01. The van der Waals surface area contributed by atoms with Crippen LogP contribution < -0.4 is 4.74 Å². The fourth-order valence-electron chi connectivity index (χ4n) is 2.17. The summed E-state index contributed by atoms with van der Waals surface area (Å²) in [6.07, 6.45) is 8.77. The minimum absolute atomic E-state index is 0.0468. The molecule has 0 bridgehead atoms. The molecule has 0 unspecified atom stereocenters. The lowest BCUT2D eigenvalue weighted by atomic mass is 10.1. The van der Waals surface area contributed by atoms with Crippen LogP contribution in [0.1, 0.15) is 22.8 Å². The Hall–Kier alpha value is -2.62. The lowest BCUT2D eigenvalue weighted by Gasteiger charge is -2.15. The van der Waals surface area contributed by atoms with E-state index in [4.69, 9.17) is 4.74 Å². The second kappa shape index (κ2) is 5.79. The average molecular weight is 280 g/mol. The Morgan fingerprint density at radius 2 is 2.29 bits per heavy atom. The molecule has 0 spiro atoms. The van der Waals surface area contributed by atoms with Crippen molar-refractivity contribution in [2.45, 2.75) is 13.5 Å². The van der Waals surface area contributed by atoms with E-state index in [2.05, 4.69) is 5.10 Å². The Kier molecular flexibility index (Phi) is 3.69. The predicted molar refractivity (Wildman–Crippen MR) is 81.3 cm³/mol. The smallest absolute Gasteiger partial charge is 0.189 e. The molecule has 2 heterocycles. The van der Waals surface area contributed by atoms with Gasteiger partial charge in [0.05, 0.1) is 11.8 Å². The molecule has 0 atom stereocenters. The molecule has 1 aliphatic rings. The van der Waals surface area contributed by atoms with Crippen LogP contribution in [0.25, 0.3) is 6.08 Å². The lowest BCUT2D eigenvalue weighted by molar-refractivity contribution is 0.104. The van der Waals surface area contributed by atoms with Crippen LogP contribution in [0.4, 0.5) is 0 Å². The Balaban J connectivity index is 1.75. The van der Waals surface area contributed by atoms with E-state index < -0.39 is 0 Å². The lowest BCUT2D eigenvalue weighted by Crippen LogP contribution is -2.06. The predicted octanol–water partition coefficient (Wildman–Crippen LogP) is 3.12. The van der Waals surface area contributed by atoms with Gasteiger partial charge in [0.15, 0.2) is 5.78 Å². The molecule has 2 aromatic rings. The van der Waals surface area contributed by atoms with Crippen molar-refractivity contribution in [3.8, 4) is 5.75 Å². The number of aryl methyl sites for hydroxylation is 1. The molecule has 4 nitrogen and oxygen atoms in total. The fourth-order valence-corrected chi connectivity index (χ4v) is 2.17. The molecule has 0 saturated heterocycles. The highest BCUT2D eigenvalue weighted by atomic mass is 16.5. The molecule has 0 N–H and O–H groups in total. The van der Waals surface area contributed by atoms with Crippen LogP contribution in [0, 0.1) is 0 Å². The summed E-state index contributed by atoms with van der Waals surface area (Å²) < 4.78 is 7.38. The highest BCUT2D eigenvalue weighted by Gasteiger charge is 2.09. The zero-order chi connectivity index (χ0) is 14.7. The van der Waals surface area contributed by atoms with E-state index in [1.165, 1.54) is 0 Å². The number of nitrogens with zero attached hydrogens (tertiary/aromatic N) is 2. The summed E-state index contributed by atoms with van der Waals surface area (Å²) in [7, 11) is 0. The van der Waals surface area contributed by atoms with Gasteiger partial charge in [-0.3, -0.25) is 9.48 Å². The van der Waals surface area contributed by atoms with Crippen molar-refractivity contribution < 1.29 is 9.53 Å². The number of fused-ring (bicyclic) bond motifs is 1. The minimum atomic E-state index is -0.0468. The van der Waals surface area contributed by atoms with Gasteiger partial charge >= 0.3 is 0 Å². The molecule has 106 valence electrons. The van der Waals surface area contributed by atoms with Gasteiger partial charge in [-0.05, 0) is 30.7 Å². The minimum Gasteiger partial charge on any atom is -0.488 e. The second-order valence-electron chi connectivity index (χ2n) is 4.83. The fraction of sp³-hybridized carbons (Fsp3) is 0.176. The van der Waals surface area contributed by atoms with Gasteiger partial charge in [0.25, 0.3) is 0 Å². The Bertz CT molecular complexity index is 726. The molecule has 0 saturated carbocycles. The van der Waals surface area contributed by atoms with Crippen molar-refractivity contribution >= 4 is 11.9 Å². The van der Waals surface area contributed by atoms with Crippen LogP contribution in [-0.2, 0) is 6.54 Å². The van der Waals surface area contributed by atoms with E-state index in [9.17, 15) is 4.79 Å². The number of carbonyl (C=O) groups is 1. The van der Waals surface area contributed by atoms with Crippen LogP contribution in [0.2, 0.25) is 0 Å². The molecule has 3 rings (SSSR count). The normalized spacial score (nSPS) is 13.7. The zero-order valence-electron chi connectivity index (χ0n) is 11.8. The number of carbonyl (C=O) groups excluding carboxylic acids is 1. The third-order valence-electron chi connectivity index (χ3n) is 3.34. The molecule has 21 heavy (non-hydrogen) atoms. The van der Waals surface area contributed by atoms with E-state index in [1.54, 1.807) is 23.2 Å². The first kappa shape index (κ1) is 13.4. The summed E-state index contributed by atoms with van der Waals surface area (Å²) in [4.78, 5) is 12.1. The number of benzene rings is 1. The number of ether oxygens (including phenoxy) is 1. The quantitative estimate of drug-likeness (QED) is 0.638. The van der Waals surface area contributed by atoms with Crippen LogP contribution in [-0.4, -0.2) is 22.2 Å². The summed E-state index contributed by atoms with van der Waals surface area (Å²) in [5.41, 5.74) is 2.62. The van der Waals surface area contributed by atoms with Crippen molar-refractivity contribution in [1.82, 2.24) is 9.78 Å². The first-order valence-corrected chi connectivity index (χ1v) is 6.93. The molecule has 0 radical (unpaired) electrons. The van der Waals surface area contributed by atoms with Gasteiger partial charge in [0, 0.05) is 18.3 Å². The maximum absolute atomic E-state index is 12.1. The van der Waals surface area contributed by atoms with Gasteiger partial charge in [-0.25, -0.2) is 0 Å². The van der Waals surface area contributed by atoms with Crippen molar-refractivity contribution in [2.75, 3.05) is 6.61 Å². The number of hydrogen-bond donors (Lipinski definition) is 0. The van der Waals surface area contributed by atoms with Crippen LogP contribution in [0.3, 0.4) is 0 Å². The third kappa shape index (κ3) is 2.94. The van der Waals surface area contributed by atoms with Crippen molar-refractivity contribution in [3.05, 3.63) is 65.5 Å². The summed E-state index contributed by atoms with van der Waals surface area (Å²) in [6.45, 7) is 3.22. The molecule has 0 aliphatic carbocycles. The molecule has 4 heteroatoms.